The fourth-order valence-corrected chi connectivity index (χ4v) is 2.00. The summed E-state index contributed by atoms with van der Waals surface area (Å²) in [6, 6.07) is 9.85. The van der Waals surface area contributed by atoms with Gasteiger partial charge < -0.3 is 10.5 Å². The van der Waals surface area contributed by atoms with Crippen molar-refractivity contribution in [3.63, 3.8) is 0 Å². The highest BCUT2D eigenvalue weighted by atomic mass is 79.9. The van der Waals surface area contributed by atoms with E-state index in [-0.39, 0.29) is 6.04 Å². The number of nitrogens with two attached hydrogens (primary N) is 1. The molecule has 18 heavy (non-hydrogen) atoms. The van der Waals surface area contributed by atoms with E-state index in [1.807, 2.05) is 37.3 Å². The summed E-state index contributed by atoms with van der Waals surface area (Å²) >= 11 is 3.38. The molecule has 0 amide bonds. The molecule has 1 unspecified atom stereocenters. The molecule has 0 aliphatic rings. The van der Waals surface area contributed by atoms with Gasteiger partial charge in [0.1, 0.15) is 12.4 Å². The first-order chi connectivity index (χ1) is 8.65. The first-order valence-corrected chi connectivity index (χ1v) is 6.52. The smallest absolute Gasteiger partial charge is 0.120 e. The van der Waals surface area contributed by atoms with Crippen LogP contribution in [0.25, 0.3) is 0 Å². The molecule has 0 radical (unpaired) electrons. The Bertz CT molecular complexity index is 529. The number of halogens is 1. The number of pyridine rings is 1. The lowest BCUT2D eigenvalue weighted by Crippen LogP contribution is -2.05. The summed E-state index contributed by atoms with van der Waals surface area (Å²) in [5, 5.41) is 0. The van der Waals surface area contributed by atoms with Crippen molar-refractivity contribution in [1.82, 2.24) is 4.98 Å². The number of hydrogen-bond acceptors (Lipinski definition) is 3. The van der Waals surface area contributed by atoms with Crippen LogP contribution in [0.1, 0.15) is 24.1 Å². The van der Waals surface area contributed by atoms with Gasteiger partial charge in [0.15, 0.2) is 0 Å². The maximum atomic E-state index is 5.84. The molecular formula is C14H15BrN2O. The Hall–Kier alpha value is -1.39. The second kappa shape index (κ2) is 5.98. The van der Waals surface area contributed by atoms with Gasteiger partial charge in [0, 0.05) is 28.5 Å². The maximum Gasteiger partial charge on any atom is 0.120 e. The van der Waals surface area contributed by atoms with Crippen molar-refractivity contribution < 1.29 is 4.74 Å². The van der Waals surface area contributed by atoms with Crippen LogP contribution in [-0.4, -0.2) is 4.98 Å². The standard InChI is InChI=1S/C14H15BrN2O/c1-10(16)12-3-2-4-14(6-12)18-9-11-5-13(15)8-17-7-11/h2-8,10H,9,16H2,1H3. The average molecular weight is 307 g/mol. The Morgan fingerprint density at radius 3 is 2.89 bits per heavy atom. The Kier molecular flexibility index (Phi) is 4.33. The van der Waals surface area contributed by atoms with E-state index in [1.54, 1.807) is 12.4 Å². The van der Waals surface area contributed by atoms with Gasteiger partial charge in [0.05, 0.1) is 0 Å². The van der Waals surface area contributed by atoms with Crippen LogP contribution in [0.5, 0.6) is 5.75 Å². The van der Waals surface area contributed by atoms with Crippen LogP contribution in [0, 0.1) is 0 Å². The van der Waals surface area contributed by atoms with E-state index in [1.165, 1.54) is 0 Å². The van der Waals surface area contributed by atoms with Crippen LogP contribution < -0.4 is 10.5 Å². The van der Waals surface area contributed by atoms with Crippen molar-refractivity contribution in [2.75, 3.05) is 0 Å². The molecule has 2 N–H and O–H groups in total. The summed E-state index contributed by atoms with van der Waals surface area (Å²) in [6.45, 7) is 2.45. The summed E-state index contributed by atoms with van der Waals surface area (Å²) < 4.78 is 6.67. The van der Waals surface area contributed by atoms with E-state index in [0.29, 0.717) is 6.61 Å². The van der Waals surface area contributed by atoms with Gasteiger partial charge >= 0.3 is 0 Å². The molecule has 1 atom stereocenters. The SMILES string of the molecule is CC(N)c1cccc(OCc2cncc(Br)c2)c1. The highest BCUT2D eigenvalue weighted by molar-refractivity contribution is 9.10. The summed E-state index contributed by atoms with van der Waals surface area (Å²) in [5.74, 6) is 0.824. The second-order valence-electron chi connectivity index (χ2n) is 4.16. The minimum atomic E-state index is 0.0149. The minimum Gasteiger partial charge on any atom is -0.489 e. The molecule has 0 fully saturated rings. The predicted octanol–water partition coefficient (Wildman–Crippen LogP) is 3.44. The largest absolute Gasteiger partial charge is 0.489 e. The molecule has 0 saturated heterocycles. The topological polar surface area (TPSA) is 48.1 Å². The van der Waals surface area contributed by atoms with E-state index >= 15 is 0 Å². The fraction of sp³-hybridized carbons (Fsp3) is 0.214. The van der Waals surface area contributed by atoms with E-state index < -0.39 is 0 Å². The normalized spacial score (nSPS) is 12.2. The average Bonchev–Trinajstić information content (AvgIpc) is 2.37. The zero-order valence-corrected chi connectivity index (χ0v) is 11.7. The summed E-state index contributed by atoms with van der Waals surface area (Å²) in [7, 11) is 0. The molecule has 0 bridgehead atoms. The van der Waals surface area contributed by atoms with Crippen LogP contribution in [-0.2, 0) is 6.61 Å². The van der Waals surface area contributed by atoms with Crippen LogP contribution >= 0.6 is 15.9 Å². The van der Waals surface area contributed by atoms with Gasteiger partial charge in [-0.05, 0) is 46.6 Å². The predicted molar refractivity (Wildman–Crippen MR) is 75.3 cm³/mol. The molecule has 0 spiro atoms. The first kappa shape index (κ1) is 13.1. The summed E-state index contributed by atoms with van der Waals surface area (Å²) in [5.41, 5.74) is 7.93. The van der Waals surface area contributed by atoms with Crippen LogP contribution in [0.4, 0.5) is 0 Å². The molecule has 1 aromatic heterocycles. The lowest BCUT2D eigenvalue weighted by atomic mass is 10.1. The lowest BCUT2D eigenvalue weighted by molar-refractivity contribution is 0.305. The highest BCUT2D eigenvalue weighted by Crippen LogP contribution is 2.19. The van der Waals surface area contributed by atoms with Gasteiger partial charge in [0.25, 0.3) is 0 Å². The number of hydrogen-bond donors (Lipinski definition) is 1. The zero-order valence-electron chi connectivity index (χ0n) is 10.1. The van der Waals surface area contributed by atoms with Crippen molar-refractivity contribution in [3.05, 3.63) is 58.3 Å². The van der Waals surface area contributed by atoms with Crippen molar-refractivity contribution in [1.29, 1.82) is 0 Å². The van der Waals surface area contributed by atoms with Crippen LogP contribution in [0.2, 0.25) is 0 Å². The van der Waals surface area contributed by atoms with E-state index in [2.05, 4.69) is 20.9 Å². The van der Waals surface area contributed by atoms with Gasteiger partial charge in [0.2, 0.25) is 0 Å². The highest BCUT2D eigenvalue weighted by Gasteiger charge is 2.02. The number of ether oxygens (including phenoxy) is 1. The Balaban J connectivity index is 2.04. The van der Waals surface area contributed by atoms with Gasteiger partial charge in [-0.2, -0.15) is 0 Å². The molecule has 2 rings (SSSR count). The van der Waals surface area contributed by atoms with Crippen molar-refractivity contribution >= 4 is 15.9 Å². The van der Waals surface area contributed by atoms with Gasteiger partial charge in [-0.1, -0.05) is 12.1 Å². The Labute approximate surface area is 115 Å². The molecular weight excluding hydrogens is 292 g/mol. The molecule has 4 heteroatoms. The van der Waals surface area contributed by atoms with E-state index in [4.69, 9.17) is 10.5 Å². The quantitative estimate of drug-likeness (QED) is 0.941. The van der Waals surface area contributed by atoms with Crippen LogP contribution in [0.15, 0.2) is 47.2 Å². The molecule has 0 saturated carbocycles. The Morgan fingerprint density at radius 1 is 1.33 bits per heavy atom. The van der Waals surface area contributed by atoms with Gasteiger partial charge in [-0.25, -0.2) is 0 Å². The van der Waals surface area contributed by atoms with Gasteiger partial charge in [-0.3, -0.25) is 4.98 Å². The van der Waals surface area contributed by atoms with Gasteiger partial charge in [-0.15, -0.1) is 0 Å². The lowest BCUT2D eigenvalue weighted by Gasteiger charge is -2.10. The van der Waals surface area contributed by atoms with E-state index in [9.17, 15) is 0 Å². The monoisotopic (exact) mass is 306 g/mol. The first-order valence-electron chi connectivity index (χ1n) is 5.73. The van der Waals surface area contributed by atoms with Crippen molar-refractivity contribution in [2.45, 2.75) is 19.6 Å². The van der Waals surface area contributed by atoms with Crippen LogP contribution in [0.3, 0.4) is 0 Å². The fourth-order valence-electron chi connectivity index (χ4n) is 1.59. The van der Waals surface area contributed by atoms with E-state index in [0.717, 1.165) is 21.3 Å². The summed E-state index contributed by atoms with van der Waals surface area (Å²) in [6.07, 6.45) is 3.54. The molecule has 2 aromatic rings. The number of benzene rings is 1. The molecule has 1 heterocycles. The number of aromatic nitrogens is 1. The van der Waals surface area contributed by atoms with Crippen molar-refractivity contribution in [2.24, 2.45) is 5.73 Å². The number of rotatable bonds is 4. The third-order valence-electron chi connectivity index (χ3n) is 2.55. The molecule has 3 nitrogen and oxygen atoms in total. The molecule has 1 aromatic carbocycles. The second-order valence-corrected chi connectivity index (χ2v) is 5.08. The third-order valence-corrected chi connectivity index (χ3v) is 2.98. The third kappa shape index (κ3) is 3.55. The maximum absolute atomic E-state index is 5.84. The molecule has 0 aliphatic carbocycles. The van der Waals surface area contributed by atoms with Crippen molar-refractivity contribution in [3.8, 4) is 5.75 Å². The molecule has 94 valence electrons. The zero-order chi connectivity index (χ0) is 13.0. The molecule has 0 aliphatic heterocycles. The minimum absolute atomic E-state index is 0.0149. The Morgan fingerprint density at radius 2 is 2.17 bits per heavy atom. The summed E-state index contributed by atoms with van der Waals surface area (Å²) in [4.78, 5) is 4.10. The number of nitrogens with zero attached hydrogens (tertiary/aromatic N) is 1.